The van der Waals surface area contributed by atoms with Crippen LogP contribution in [0, 0.1) is 0 Å². The van der Waals surface area contributed by atoms with Crippen molar-refractivity contribution in [2.24, 2.45) is 7.05 Å². The summed E-state index contributed by atoms with van der Waals surface area (Å²) < 4.78 is 7.42. The third-order valence-electron chi connectivity index (χ3n) is 2.95. The van der Waals surface area contributed by atoms with Crippen molar-refractivity contribution in [1.29, 1.82) is 0 Å². The first-order valence-electron chi connectivity index (χ1n) is 5.58. The summed E-state index contributed by atoms with van der Waals surface area (Å²) in [5.41, 5.74) is 3.70. The molecule has 0 amide bonds. The number of aryl methyl sites for hydroxylation is 2. The molecule has 2 aromatic rings. The molecule has 0 saturated heterocycles. The Hall–Kier alpha value is -1.77. The van der Waals surface area contributed by atoms with E-state index in [0.717, 1.165) is 30.8 Å². The van der Waals surface area contributed by atoms with Crippen molar-refractivity contribution in [3.05, 3.63) is 36.2 Å². The van der Waals surface area contributed by atoms with Gasteiger partial charge in [-0.1, -0.05) is 6.07 Å². The van der Waals surface area contributed by atoms with Crippen molar-refractivity contribution in [1.82, 2.24) is 9.78 Å². The molecule has 2 heterocycles. The Labute approximate surface area is 94.7 Å². The summed E-state index contributed by atoms with van der Waals surface area (Å²) in [7, 11) is 1.94. The quantitative estimate of drug-likeness (QED) is 0.729. The Morgan fingerprint density at radius 1 is 1.31 bits per heavy atom. The van der Waals surface area contributed by atoms with Gasteiger partial charge >= 0.3 is 0 Å². The van der Waals surface area contributed by atoms with Crippen LogP contribution in [0.3, 0.4) is 0 Å². The molecular formula is C13H14N2O. The van der Waals surface area contributed by atoms with E-state index in [0.29, 0.717) is 0 Å². The number of benzene rings is 1. The molecule has 0 bridgehead atoms. The fourth-order valence-corrected chi connectivity index (χ4v) is 2.11. The summed E-state index contributed by atoms with van der Waals surface area (Å²) >= 11 is 0. The number of nitrogens with zero attached hydrogens (tertiary/aromatic N) is 2. The maximum atomic E-state index is 5.60. The van der Waals surface area contributed by atoms with Gasteiger partial charge in [0.15, 0.2) is 0 Å². The molecule has 0 fully saturated rings. The van der Waals surface area contributed by atoms with Crippen LogP contribution in [0.25, 0.3) is 11.1 Å². The molecule has 16 heavy (non-hydrogen) atoms. The first-order valence-corrected chi connectivity index (χ1v) is 5.58. The van der Waals surface area contributed by atoms with E-state index in [4.69, 9.17) is 4.74 Å². The zero-order valence-corrected chi connectivity index (χ0v) is 9.31. The summed E-state index contributed by atoms with van der Waals surface area (Å²) in [6.45, 7) is 0.846. The first kappa shape index (κ1) is 9.46. The number of hydrogen-bond acceptors (Lipinski definition) is 2. The Morgan fingerprint density at radius 3 is 3.06 bits per heavy atom. The van der Waals surface area contributed by atoms with Crippen molar-refractivity contribution in [2.75, 3.05) is 6.61 Å². The van der Waals surface area contributed by atoms with Crippen LogP contribution >= 0.6 is 0 Å². The summed E-state index contributed by atoms with van der Waals surface area (Å²) in [6, 6.07) is 6.38. The lowest BCUT2D eigenvalue weighted by molar-refractivity contribution is 0.288. The number of ether oxygens (including phenoxy) is 1. The van der Waals surface area contributed by atoms with Crippen molar-refractivity contribution in [3.8, 4) is 16.9 Å². The van der Waals surface area contributed by atoms with Gasteiger partial charge in [0, 0.05) is 18.8 Å². The summed E-state index contributed by atoms with van der Waals surface area (Å²) in [4.78, 5) is 0. The Balaban J connectivity index is 2.02. The maximum absolute atomic E-state index is 5.60. The molecule has 1 aliphatic rings. The van der Waals surface area contributed by atoms with Gasteiger partial charge in [0.2, 0.25) is 0 Å². The predicted octanol–water partition coefficient (Wildman–Crippen LogP) is 2.41. The zero-order valence-electron chi connectivity index (χ0n) is 9.31. The molecule has 3 heteroatoms. The van der Waals surface area contributed by atoms with Gasteiger partial charge in [0.1, 0.15) is 5.75 Å². The maximum Gasteiger partial charge on any atom is 0.122 e. The second kappa shape index (κ2) is 3.67. The topological polar surface area (TPSA) is 27.1 Å². The highest BCUT2D eigenvalue weighted by Gasteiger charge is 2.11. The molecule has 3 rings (SSSR count). The lowest BCUT2D eigenvalue weighted by Crippen LogP contribution is -2.07. The van der Waals surface area contributed by atoms with Gasteiger partial charge < -0.3 is 4.74 Å². The minimum atomic E-state index is 0.846. The lowest BCUT2D eigenvalue weighted by Gasteiger charge is -2.17. The van der Waals surface area contributed by atoms with Crippen LogP contribution in [0.1, 0.15) is 12.0 Å². The largest absolute Gasteiger partial charge is 0.493 e. The Kier molecular flexibility index (Phi) is 2.17. The molecule has 0 N–H and O–H groups in total. The van der Waals surface area contributed by atoms with Gasteiger partial charge in [-0.15, -0.1) is 0 Å². The third-order valence-corrected chi connectivity index (χ3v) is 2.95. The highest BCUT2D eigenvalue weighted by molar-refractivity contribution is 5.64. The van der Waals surface area contributed by atoms with E-state index in [1.54, 1.807) is 0 Å². The minimum absolute atomic E-state index is 0.846. The van der Waals surface area contributed by atoms with Crippen LogP contribution in [0.15, 0.2) is 30.6 Å². The molecule has 0 radical (unpaired) electrons. The fraction of sp³-hybridized carbons (Fsp3) is 0.308. The van der Waals surface area contributed by atoms with E-state index >= 15 is 0 Å². The van der Waals surface area contributed by atoms with E-state index in [1.165, 1.54) is 11.1 Å². The summed E-state index contributed by atoms with van der Waals surface area (Å²) in [6.07, 6.45) is 6.16. The van der Waals surface area contributed by atoms with Crippen molar-refractivity contribution in [2.45, 2.75) is 12.8 Å². The molecule has 1 aliphatic heterocycles. The van der Waals surface area contributed by atoms with E-state index in [-0.39, 0.29) is 0 Å². The zero-order chi connectivity index (χ0) is 11.0. The van der Waals surface area contributed by atoms with Crippen LogP contribution in [-0.4, -0.2) is 16.4 Å². The van der Waals surface area contributed by atoms with Gasteiger partial charge in [-0.2, -0.15) is 5.10 Å². The van der Waals surface area contributed by atoms with Crippen LogP contribution in [0.4, 0.5) is 0 Å². The van der Waals surface area contributed by atoms with Crippen molar-refractivity contribution >= 4 is 0 Å². The lowest BCUT2D eigenvalue weighted by atomic mass is 10.0. The molecule has 0 aliphatic carbocycles. The molecule has 0 saturated carbocycles. The molecule has 0 spiro atoms. The van der Waals surface area contributed by atoms with Gasteiger partial charge in [0.25, 0.3) is 0 Å². The summed E-state index contributed by atoms with van der Waals surface area (Å²) in [5, 5.41) is 4.19. The molecular weight excluding hydrogens is 200 g/mol. The van der Waals surface area contributed by atoms with Crippen LogP contribution in [-0.2, 0) is 13.5 Å². The SMILES string of the molecule is Cn1cc(-c2ccc3c(c2)CCCO3)cn1. The molecule has 1 aromatic heterocycles. The average molecular weight is 214 g/mol. The molecule has 1 aromatic carbocycles. The molecule has 0 atom stereocenters. The normalized spacial score (nSPS) is 14.3. The van der Waals surface area contributed by atoms with Crippen LogP contribution < -0.4 is 4.74 Å². The minimum Gasteiger partial charge on any atom is -0.493 e. The molecule has 0 unspecified atom stereocenters. The number of hydrogen-bond donors (Lipinski definition) is 0. The summed E-state index contributed by atoms with van der Waals surface area (Å²) in [5.74, 6) is 1.04. The highest BCUT2D eigenvalue weighted by atomic mass is 16.5. The van der Waals surface area contributed by atoms with Crippen LogP contribution in [0.5, 0.6) is 5.75 Å². The van der Waals surface area contributed by atoms with E-state index in [2.05, 4.69) is 23.3 Å². The van der Waals surface area contributed by atoms with Gasteiger partial charge in [0.05, 0.1) is 12.8 Å². The van der Waals surface area contributed by atoms with E-state index in [1.807, 2.05) is 24.1 Å². The van der Waals surface area contributed by atoms with Gasteiger partial charge in [-0.3, -0.25) is 4.68 Å². The smallest absolute Gasteiger partial charge is 0.122 e. The third kappa shape index (κ3) is 1.58. The Bertz CT molecular complexity index is 516. The van der Waals surface area contributed by atoms with Crippen molar-refractivity contribution < 1.29 is 4.74 Å². The van der Waals surface area contributed by atoms with E-state index < -0.39 is 0 Å². The van der Waals surface area contributed by atoms with Crippen LogP contribution in [0.2, 0.25) is 0 Å². The number of fused-ring (bicyclic) bond motifs is 1. The molecule has 82 valence electrons. The van der Waals surface area contributed by atoms with Gasteiger partial charge in [-0.05, 0) is 36.1 Å². The standard InChI is InChI=1S/C13H14N2O/c1-15-9-12(8-14-15)10-4-5-13-11(7-10)3-2-6-16-13/h4-5,7-9H,2-3,6H2,1H3. The monoisotopic (exact) mass is 214 g/mol. The predicted molar refractivity (Wildman–Crippen MR) is 62.5 cm³/mol. The second-order valence-corrected chi connectivity index (χ2v) is 4.18. The number of rotatable bonds is 1. The second-order valence-electron chi connectivity index (χ2n) is 4.18. The molecule has 3 nitrogen and oxygen atoms in total. The number of aromatic nitrogens is 2. The Morgan fingerprint density at radius 2 is 2.25 bits per heavy atom. The fourth-order valence-electron chi connectivity index (χ4n) is 2.11. The average Bonchev–Trinajstić information content (AvgIpc) is 2.75. The highest BCUT2D eigenvalue weighted by Crippen LogP contribution is 2.29. The van der Waals surface area contributed by atoms with E-state index in [9.17, 15) is 0 Å². The van der Waals surface area contributed by atoms with Crippen molar-refractivity contribution in [3.63, 3.8) is 0 Å². The van der Waals surface area contributed by atoms with Gasteiger partial charge in [-0.25, -0.2) is 0 Å². The first-order chi connectivity index (χ1) is 7.83.